The molecule has 160 valence electrons. The number of furan rings is 1. The number of nitrogens with one attached hydrogen (secondary N) is 1. The average molecular weight is 431 g/mol. The molecule has 0 bridgehead atoms. The van der Waals surface area contributed by atoms with E-state index in [4.69, 9.17) is 4.42 Å². The lowest BCUT2D eigenvalue weighted by Crippen LogP contribution is -2.53. The van der Waals surface area contributed by atoms with Gasteiger partial charge in [0, 0.05) is 17.7 Å². The van der Waals surface area contributed by atoms with Crippen LogP contribution in [0.25, 0.3) is 17.4 Å². The number of nitro benzene ring substituents is 1. The van der Waals surface area contributed by atoms with Crippen molar-refractivity contribution >= 4 is 29.6 Å². The van der Waals surface area contributed by atoms with E-state index in [2.05, 4.69) is 5.32 Å². The number of urea groups is 1. The maximum absolute atomic E-state index is 12.9. The van der Waals surface area contributed by atoms with Crippen molar-refractivity contribution in [2.24, 2.45) is 0 Å². The van der Waals surface area contributed by atoms with Gasteiger partial charge in [-0.2, -0.15) is 0 Å². The van der Waals surface area contributed by atoms with E-state index in [9.17, 15) is 24.5 Å². The molecule has 9 heteroatoms. The second-order valence-corrected chi connectivity index (χ2v) is 7.15. The molecule has 0 spiro atoms. The molecule has 1 N–H and O–H groups in total. The van der Waals surface area contributed by atoms with Gasteiger partial charge in [0.05, 0.1) is 11.5 Å². The van der Waals surface area contributed by atoms with Gasteiger partial charge in [0.1, 0.15) is 17.1 Å². The summed E-state index contributed by atoms with van der Waals surface area (Å²) in [7, 11) is 0. The van der Waals surface area contributed by atoms with E-state index in [1.165, 1.54) is 18.2 Å². The van der Waals surface area contributed by atoms with Crippen LogP contribution < -0.4 is 5.32 Å². The number of amides is 4. The Morgan fingerprint density at radius 2 is 1.81 bits per heavy atom. The van der Waals surface area contributed by atoms with Crippen molar-refractivity contribution in [3.63, 3.8) is 0 Å². The van der Waals surface area contributed by atoms with Crippen LogP contribution in [0, 0.1) is 17.0 Å². The van der Waals surface area contributed by atoms with Crippen LogP contribution in [-0.4, -0.2) is 27.7 Å². The van der Waals surface area contributed by atoms with Gasteiger partial charge in [0.15, 0.2) is 0 Å². The number of aryl methyl sites for hydroxylation is 1. The van der Waals surface area contributed by atoms with Crippen LogP contribution in [0.5, 0.6) is 0 Å². The Bertz CT molecular complexity index is 1280. The maximum Gasteiger partial charge on any atom is 0.331 e. The standard InChI is InChI=1S/C23H17N3O6/c1-14-11-16(26(30)31)7-9-18(14)20-10-8-17(32-20)12-19-21(27)24-23(29)25(22(19)28)13-15-5-3-2-4-6-15/h2-12H,13H2,1H3,(H,24,27,29)/b19-12+. The molecule has 3 aromatic rings. The molecule has 32 heavy (non-hydrogen) atoms. The topological polar surface area (TPSA) is 123 Å². The molecule has 2 heterocycles. The fourth-order valence-corrected chi connectivity index (χ4v) is 3.36. The average Bonchev–Trinajstić information content (AvgIpc) is 3.23. The fourth-order valence-electron chi connectivity index (χ4n) is 3.36. The van der Waals surface area contributed by atoms with E-state index in [0.717, 1.165) is 10.5 Å². The summed E-state index contributed by atoms with van der Waals surface area (Å²) in [4.78, 5) is 48.7. The molecule has 1 fully saturated rings. The van der Waals surface area contributed by atoms with Gasteiger partial charge >= 0.3 is 6.03 Å². The number of nitro groups is 1. The highest BCUT2D eigenvalue weighted by Crippen LogP contribution is 2.29. The van der Waals surface area contributed by atoms with E-state index in [-0.39, 0.29) is 23.6 Å². The first-order valence-electron chi connectivity index (χ1n) is 9.61. The lowest BCUT2D eigenvalue weighted by molar-refractivity contribution is -0.384. The SMILES string of the molecule is Cc1cc([N+](=O)[O-])ccc1-c1ccc(/C=C2\C(=O)NC(=O)N(Cc3ccccc3)C2=O)o1. The first-order valence-corrected chi connectivity index (χ1v) is 9.61. The Morgan fingerprint density at radius 1 is 1.06 bits per heavy atom. The quantitative estimate of drug-likeness (QED) is 0.284. The summed E-state index contributed by atoms with van der Waals surface area (Å²) < 4.78 is 5.75. The molecule has 1 aliphatic rings. The van der Waals surface area contributed by atoms with Gasteiger partial charge in [-0.05, 0) is 42.3 Å². The van der Waals surface area contributed by atoms with Crippen molar-refractivity contribution in [1.29, 1.82) is 0 Å². The van der Waals surface area contributed by atoms with Crippen molar-refractivity contribution in [1.82, 2.24) is 10.2 Å². The monoisotopic (exact) mass is 431 g/mol. The molecular formula is C23H17N3O6. The van der Waals surface area contributed by atoms with Crippen LogP contribution >= 0.6 is 0 Å². The minimum atomic E-state index is -0.811. The molecule has 0 aliphatic carbocycles. The van der Waals surface area contributed by atoms with E-state index in [1.807, 2.05) is 6.07 Å². The van der Waals surface area contributed by atoms with Crippen molar-refractivity contribution in [3.05, 3.63) is 93.2 Å². The minimum Gasteiger partial charge on any atom is -0.457 e. The summed E-state index contributed by atoms with van der Waals surface area (Å²) >= 11 is 0. The van der Waals surface area contributed by atoms with Crippen molar-refractivity contribution in [2.45, 2.75) is 13.5 Å². The zero-order valence-electron chi connectivity index (χ0n) is 16.9. The lowest BCUT2D eigenvalue weighted by atomic mass is 10.1. The van der Waals surface area contributed by atoms with E-state index >= 15 is 0 Å². The number of barbiturate groups is 1. The van der Waals surface area contributed by atoms with Gasteiger partial charge in [0.25, 0.3) is 17.5 Å². The van der Waals surface area contributed by atoms with Crippen molar-refractivity contribution in [3.8, 4) is 11.3 Å². The molecule has 0 unspecified atom stereocenters. The molecule has 9 nitrogen and oxygen atoms in total. The summed E-state index contributed by atoms with van der Waals surface area (Å²) in [6.45, 7) is 1.73. The molecular weight excluding hydrogens is 414 g/mol. The van der Waals surface area contributed by atoms with Crippen LogP contribution in [0.3, 0.4) is 0 Å². The van der Waals surface area contributed by atoms with Crippen LogP contribution in [0.4, 0.5) is 10.5 Å². The normalized spacial score (nSPS) is 15.2. The smallest absolute Gasteiger partial charge is 0.331 e. The van der Waals surface area contributed by atoms with Crippen LogP contribution in [0.15, 0.2) is 70.7 Å². The van der Waals surface area contributed by atoms with Crippen LogP contribution in [0.2, 0.25) is 0 Å². The third kappa shape index (κ3) is 4.04. The van der Waals surface area contributed by atoms with Gasteiger partial charge < -0.3 is 4.42 Å². The van der Waals surface area contributed by atoms with E-state index in [1.54, 1.807) is 49.4 Å². The fraction of sp³-hybridized carbons (Fsp3) is 0.0870. The van der Waals surface area contributed by atoms with Crippen LogP contribution in [-0.2, 0) is 16.1 Å². The molecule has 0 saturated carbocycles. The Morgan fingerprint density at radius 3 is 2.50 bits per heavy atom. The molecule has 1 aliphatic heterocycles. The first-order chi connectivity index (χ1) is 15.3. The zero-order valence-corrected chi connectivity index (χ0v) is 16.9. The van der Waals surface area contributed by atoms with Crippen molar-refractivity contribution in [2.75, 3.05) is 0 Å². The number of rotatable bonds is 5. The molecule has 1 saturated heterocycles. The maximum atomic E-state index is 12.9. The highest BCUT2D eigenvalue weighted by molar-refractivity contribution is 6.30. The van der Waals surface area contributed by atoms with Gasteiger partial charge in [-0.3, -0.25) is 29.9 Å². The number of carbonyl (C=O) groups excluding carboxylic acids is 3. The molecule has 0 atom stereocenters. The Kier molecular flexibility index (Phi) is 5.38. The van der Waals surface area contributed by atoms with E-state index < -0.39 is 22.8 Å². The number of carbonyl (C=O) groups is 3. The van der Waals surface area contributed by atoms with Crippen molar-refractivity contribution < 1.29 is 23.7 Å². The largest absolute Gasteiger partial charge is 0.457 e. The summed E-state index contributed by atoms with van der Waals surface area (Å²) in [5.74, 6) is -0.892. The highest BCUT2D eigenvalue weighted by atomic mass is 16.6. The van der Waals surface area contributed by atoms with Gasteiger partial charge in [0.2, 0.25) is 0 Å². The Balaban J connectivity index is 1.61. The number of non-ortho nitro benzene ring substituents is 1. The van der Waals surface area contributed by atoms with Crippen LogP contribution in [0.1, 0.15) is 16.9 Å². The predicted octanol–water partition coefficient (Wildman–Crippen LogP) is 3.83. The summed E-state index contributed by atoms with van der Waals surface area (Å²) in [6, 6.07) is 15.7. The summed E-state index contributed by atoms with van der Waals surface area (Å²) in [5, 5.41) is 13.1. The Labute approximate surface area is 182 Å². The molecule has 2 aromatic carbocycles. The third-order valence-corrected chi connectivity index (χ3v) is 4.97. The highest BCUT2D eigenvalue weighted by Gasteiger charge is 2.36. The second kappa shape index (κ2) is 8.31. The number of nitrogens with zero attached hydrogens (tertiary/aromatic N) is 2. The first kappa shape index (κ1) is 20.7. The van der Waals surface area contributed by atoms with E-state index in [0.29, 0.717) is 16.9 Å². The lowest BCUT2D eigenvalue weighted by Gasteiger charge is -2.26. The number of hydrogen-bond donors (Lipinski definition) is 1. The Hall–Kier alpha value is -4.53. The van der Waals surface area contributed by atoms with Gasteiger partial charge in [-0.1, -0.05) is 30.3 Å². The molecule has 0 radical (unpaired) electrons. The summed E-state index contributed by atoms with van der Waals surface area (Å²) in [6.07, 6.45) is 1.27. The van der Waals surface area contributed by atoms with Gasteiger partial charge in [-0.25, -0.2) is 4.79 Å². The summed E-state index contributed by atoms with van der Waals surface area (Å²) in [5.41, 5.74) is 1.74. The number of hydrogen-bond acceptors (Lipinski definition) is 6. The molecule has 4 amide bonds. The second-order valence-electron chi connectivity index (χ2n) is 7.15. The third-order valence-electron chi connectivity index (χ3n) is 4.97. The number of imide groups is 2. The number of benzene rings is 2. The minimum absolute atomic E-state index is 0.0154. The van der Waals surface area contributed by atoms with Gasteiger partial charge in [-0.15, -0.1) is 0 Å². The predicted molar refractivity (Wildman–Crippen MR) is 114 cm³/mol. The molecule has 1 aromatic heterocycles. The zero-order chi connectivity index (χ0) is 22.8. The molecule has 4 rings (SSSR count).